The Morgan fingerprint density at radius 2 is 1.90 bits per heavy atom. The van der Waals surface area contributed by atoms with Gasteiger partial charge in [-0.1, -0.05) is 19.1 Å². The summed E-state index contributed by atoms with van der Waals surface area (Å²) in [5, 5.41) is 13.9. The number of β-amino-alcohol motifs (C(OH)–C–C–N with tert-alkyl or cyclic N) is 1. The van der Waals surface area contributed by atoms with Crippen LogP contribution < -0.4 is 14.8 Å². The highest BCUT2D eigenvalue weighted by Gasteiger charge is 2.19. The number of nitrogens with one attached hydrogen (secondary N) is 1. The van der Waals surface area contributed by atoms with Crippen LogP contribution in [0.1, 0.15) is 18.1 Å². The predicted molar refractivity (Wildman–Crippen MR) is 123 cm³/mol. The van der Waals surface area contributed by atoms with Gasteiger partial charge in [0.25, 0.3) is 0 Å². The SMILES string of the molecule is CCN1CCN(C[C@H](O)COc2ccc(CNCCc3cccnc3)cc2OC)CC1. The van der Waals surface area contributed by atoms with E-state index in [9.17, 15) is 5.11 Å². The van der Waals surface area contributed by atoms with Crippen molar-refractivity contribution in [2.75, 3.05) is 59.5 Å². The van der Waals surface area contributed by atoms with Gasteiger partial charge in [-0.05, 0) is 48.8 Å². The minimum absolute atomic E-state index is 0.257. The van der Waals surface area contributed by atoms with Crippen LogP contribution in [0.3, 0.4) is 0 Å². The second kappa shape index (κ2) is 12.6. The summed E-state index contributed by atoms with van der Waals surface area (Å²) >= 11 is 0. The van der Waals surface area contributed by atoms with Crippen molar-refractivity contribution in [2.45, 2.75) is 26.0 Å². The normalized spacial score (nSPS) is 16.2. The summed E-state index contributed by atoms with van der Waals surface area (Å²) in [6.07, 6.45) is 4.11. The van der Waals surface area contributed by atoms with Gasteiger partial charge >= 0.3 is 0 Å². The zero-order valence-corrected chi connectivity index (χ0v) is 18.8. The van der Waals surface area contributed by atoms with E-state index in [2.05, 4.69) is 33.1 Å². The standard InChI is InChI=1S/C24H36N4O3/c1-3-27-11-13-28(14-12-27)18-22(29)19-31-23-7-6-21(15-24(23)30-2)17-26-10-8-20-5-4-9-25-16-20/h4-7,9,15-16,22,26,29H,3,8,10-14,17-19H2,1-2H3/t22-/m0/s1. The van der Waals surface area contributed by atoms with E-state index in [-0.39, 0.29) is 6.61 Å². The van der Waals surface area contributed by atoms with Crippen LogP contribution in [0.25, 0.3) is 0 Å². The van der Waals surface area contributed by atoms with Crippen LogP contribution in [0.4, 0.5) is 0 Å². The molecule has 2 heterocycles. The van der Waals surface area contributed by atoms with Gasteiger partial charge in [0.1, 0.15) is 12.7 Å². The number of likely N-dealkylation sites (N-methyl/N-ethyl adjacent to an activating group) is 1. The molecule has 1 atom stereocenters. The summed E-state index contributed by atoms with van der Waals surface area (Å²) in [7, 11) is 1.64. The number of nitrogens with zero attached hydrogens (tertiary/aromatic N) is 3. The molecular formula is C24H36N4O3. The highest BCUT2D eigenvalue weighted by atomic mass is 16.5. The zero-order chi connectivity index (χ0) is 21.9. The molecule has 2 N–H and O–H groups in total. The average molecular weight is 429 g/mol. The Morgan fingerprint density at radius 3 is 2.61 bits per heavy atom. The number of rotatable bonds is 12. The lowest BCUT2D eigenvalue weighted by molar-refractivity contribution is 0.0464. The summed E-state index contributed by atoms with van der Waals surface area (Å²) in [6, 6.07) is 9.99. The molecule has 1 aliphatic heterocycles. The predicted octanol–water partition coefficient (Wildman–Crippen LogP) is 1.80. The molecule has 1 fully saturated rings. The fraction of sp³-hybridized carbons (Fsp3) is 0.542. The van der Waals surface area contributed by atoms with Crippen molar-refractivity contribution in [2.24, 2.45) is 0 Å². The highest BCUT2D eigenvalue weighted by Crippen LogP contribution is 2.28. The highest BCUT2D eigenvalue weighted by molar-refractivity contribution is 5.43. The van der Waals surface area contributed by atoms with E-state index in [1.165, 1.54) is 5.56 Å². The van der Waals surface area contributed by atoms with Crippen LogP contribution in [0, 0.1) is 0 Å². The van der Waals surface area contributed by atoms with E-state index in [0.29, 0.717) is 18.0 Å². The molecule has 7 nitrogen and oxygen atoms in total. The van der Waals surface area contributed by atoms with Gasteiger partial charge in [0.2, 0.25) is 0 Å². The minimum atomic E-state index is -0.522. The Labute approximate surface area is 186 Å². The van der Waals surface area contributed by atoms with Crippen LogP contribution >= 0.6 is 0 Å². The van der Waals surface area contributed by atoms with Gasteiger partial charge in [-0.15, -0.1) is 0 Å². The van der Waals surface area contributed by atoms with Crippen molar-refractivity contribution >= 4 is 0 Å². The van der Waals surface area contributed by atoms with E-state index < -0.39 is 6.10 Å². The second-order valence-electron chi connectivity index (χ2n) is 7.97. The molecule has 170 valence electrons. The number of aliphatic hydroxyl groups is 1. The first-order valence-corrected chi connectivity index (χ1v) is 11.2. The molecule has 0 spiro atoms. The Morgan fingerprint density at radius 1 is 1.10 bits per heavy atom. The number of hydrogen-bond donors (Lipinski definition) is 2. The molecule has 7 heteroatoms. The number of aliphatic hydroxyl groups excluding tert-OH is 1. The van der Waals surface area contributed by atoms with Crippen LogP contribution in [0.5, 0.6) is 11.5 Å². The number of piperazine rings is 1. The van der Waals surface area contributed by atoms with Gasteiger partial charge < -0.3 is 24.8 Å². The molecule has 1 aliphatic rings. The van der Waals surface area contributed by atoms with Gasteiger partial charge in [-0.25, -0.2) is 0 Å². The lowest BCUT2D eigenvalue weighted by atomic mass is 10.2. The molecule has 0 bridgehead atoms. The Balaban J connectivity index is 1.40. The maximum absolute atomic E-state index is 10.4. The van der Waals surface area contributed by atoms with Crippen molar-refractivity contribution < 1.29 is 14.6 Å². The number of ether oxygens (including phenoxy) is 2. The van der Waals surface area contributed by atoms with Crippen LogP contribution in [0.2, 0.25) is 0 Å². The first-order chi connectivity index (χ1) is 15.2. The fourth-order valence-electron chi connectivity index (χ4n) is 3.78. The average Bonchev–Trinajstić information content (AvgIpc) is 2.82. The first-order valence-electron chi connectivity index (χ1n) is 11.2. The molecule has 31 heavy (non-hydrogen) atoms. The topological polar surface area (TPSA) is 70.1 Å². The van der Waals surface area contributed by atoms with E-state index in [1.54, 1.807) is 13.3 Å². The maximum atomic E-state index is 10.4. The Bertz CT molecular complexity index is 767. The smallest absolute Gasteiger partial charge is 0.161 e. The summed E-state index contributed by atoms with van der Waals surface area (Å²) in [6.45, 7) is 9.93. The molecule has 2 aromatic rings. The zero-order valence-electron chi connectivity index (χ0n) is 18.8. The third-order valence-electron chi connectivity index (χ3n) is 5.68. The molecular weight excluding hydrogens is 392 g/mol. The molecule has 0 radical (unpaired) electrons. The number of aromatic nitrogens is 1. The third kappa shape index (κ3) is 7.78. The largest absolute Gasteiger partial charge is 0.493 e. The van der Waals surface area contributed by atoms with Gasteiger partial charge in [-0.2, -0.15) is 0 Å². The molecule has 0 aliphatic carbocycles. The lowest BCUT2D eigenvalue weighted by Gasteiger charge is -2.34. The van der Waals surface area contributed by atoms with E-state index in [0.717, 1.165) is 57.8 Å². The van der Waals surface area contributed by atoms with Gasteiger partial charge in [-0.3, -0.25) is 9.88 Å². The summed E-state index contributed by atoms with van der Waals surface area (Å²) in [4.78, 5) is 8.88. The molecule has 1 saturated heterocycles. The van der Waals surface area contributed by atoms with Crippen molar-refractivity contribution in [3.05, 3.63) is 53.9 Å². The van der Waals surface area contributed by atoms with Crippen molar-refractivity contribution in [3.8, 4) is 11.5 Å². The summed E-state index contributed by atoms with van der Waals surface area (Å²) in [5.74, 6) is 1.35. The van der Waals surface area contributed by atoms with Crippen molar-refractivity contribution in [3.63, 3.8) is 0 Å². The van der Waals surface area contributed by atoms with Crippen LogP contribution in [0.15, 0.2) is 42.7 Å². The molecule has 0 saturated carbocycles. The van der Waals surface area contributed by atoms with Crippen molar-refractivity contribution in [1.82, 2.24) is 20.1 Å². The van der Waals surface area contributed by atoms with E-state index >= 15 is 0 Å². The van der Waals surface area contributed by atoms with Gasteiger partial charge in [0, 0.05) is 51.7 Å². The third-order valence-corrected chi connectivity index (χ3v) is 5.68. The molecule has 0 unspecified atom stereocenters. The van der Waals surface area contributed by atoms with Gasteiger partial charge in [0.05, 0.1) is 7.11 Å². The van der Waals surface area contributed by atoms with Crippen molar-refractivity contribution in [1.29, 1.82) is 0 Å². The minimum Gasteiger partial charge on any atom is -0.493 e. The van der Waals surface area contributed by atoms with Gasteiger partial charge in [0.15, 0.2) is 11.5 Å². The monoisotopic (exact) mass is 428 g/mol. The number of methoxy groups -OCH3 is 1. The van der Waals surface area contributed by atoms with Crippen LogP contribution in [-0.2, 0) is 13.0 Å². The Hall–Kier alpha value is -2.19. The molecule has 3 rings (SSSR count). The summed E-state index contributed by atoms with van der Waals surface area (Å²) < 4.78 is 11.4. The fourth-order valence-corrected chi connectivity index (χ4v) is 3.78. The first kappa shape index (κ1) is 23.5. The van der Waals surface area contributed by atoms with Crippen LogP contribution in [-0.4, -0.2) is 85.5 Å². The number of hydrogen-bond acceptors (Lipinski definition) is 7. The number of pyridine rings is 1. The lowest BCUT2D eigenvalue weighted by Crippen LogP contribution is -2.49. The quantitative estimate of drug-likeness (QED) is 0.500. The van der Waals surface area contributed by atoms with E-state index in [1.807, 2.05) is 30.5 Å². The Kier molecular flexibility index (Phi) is 9.55. The molecule has 0 amide bonds. The summed E-state index contributed by atoms with van der Waals surface area (Å²) in [5.41, 5.74) is 2.35. The molecule has 1 aromatic heterocycles. The number of benzene rings is 1. The van der Waals surface area contributed by atoms with E-state index in [4.69, 9.17) is 9.47 Å². The maximum Gasteiger partial charge on any atom is 0.161 e. The molecule has 1 aromatic carbocycles. The second-order valence-corrected chi connectivity index (χ2v) is 7.97.